The quantitative estimate of drug-likeness (QED) is 0.276. The minimum atomic E-state index is 1.12. The fourth-order valence-corrected chi connectivity index (χ4v) is 5.13. The van der Waals surface area contributed by atoms with E-state index in [-0.39, 0.29) is 0 Å². The van der Waals surface area contributed by atoms with Gasteiger partial charge in [-0.25, -0.2) is 0 Å². The standard InChI is InChI=1S/C34H24N2/c1-2-10-30(11-3-1)36-33-13-7-5-9-25(33)15-16-26-17-18-28(23-34(26)36)27-20-21-32-29(22-27)19-14-24-8-4-6-12-31(24)35-32/h1-23,35H. The van der Waals surface area contributed by atoms with Crippen molar-refractivity contribution in [3.63, 3.8) is 0 Å². The van der Waals surface area contributed by atoms with Gasteiger partial charge in [0.1, 0.15) is 0 Å². The van der Waals surface area contributed by atoms with Crippen molar-refractivity contribution in [1.29, 1.82) is 0 Å². The predicted octanol–water partition coefficient (Wildman–Crippen LogP) is 9.53. The molecule has 0 aromatic heterocycles. The number of nitrogens with one attached hydrogen (secondary N) is 1. The molecule has 0 bridgehead atoms. The molecule has 1 N–H and O–H groups in total. The first-order valence-corrected chi connectivity index (χ1v) is 12.3. The Kier molecular flexibility index (Phi) is 4.82. The fraction of sp³-hybridized carbons (Fsp3) is 0. The number of anilines is 5. The molecular weight excluding hydrogens is 436 g/mol. The van der Waals surface area contributed by atoms with Gasteiger partial charge in [0.15, 0.2) is 0 Å². The van der Waals surface area contributed by atoms with Gasteiger partial charge in [0.2, 0.25) is 0 Å². The van der Waals surface area contributed by atoms with Crippen LogP contribution in [0.4, 0.5) is 28.4 Å². The molecule has 5 aromatic rings. The number of hydrogen-bond donors (Lipinski definition) is 1. The maximum Gasteiger partial charge on any atom is 0.0540 e. The second-order valence-corrected chi connectivity index (χ2v) is 9.18. The molecule has 0 radical (unpaired) electrons. The monoisotopic (exact) mass is 460 g/mol. The van der Waals surface area contributed by atoms with E-state index in [0.717, 1.165) is 17.1 Å². The maximum absolute atomic E-state index is 3.60. The van der Waals surface area contributed by atoms with Crippen LogP contribution in [0.3, 0.4) is 0 Å². The molecule has 2 aliphatic rings. The molecule has 36 heavy (non-hydrogen) atoms. The summed E-state index contributed by atoms with van der Waals surface area (Å²) in [6.45, 7) is 0. The summed E-state index contributed by atoms with van der Waals surface area (Å²) in [6.07, 6.45) is 8.83. The van der Waals surface area contributed by atoms with Crippen molar-refractivity contribution in [2.45, 2.75) is 0 Å². The Morgan fingerprint density at radius 2 is 1.03 bits per heavy atom. The molecular formula is C34H24N2. The minimum absolute atomic E-state index is 1.12. The van der Waals surface area contributed by atoms with Crippen LogP contribution in [0, 0.1) is 0 Å². The van der Waals surface area contributed by atoms with Gasteiger partial charge in [0, 0.05) is 17.1 Å². The zero-order valence-electron chi connectivity index (χ0n) is 19.7. The van der Waals surface area contributed by atoms with Crippen LogP contribution in [0.15, 0.2) is 115 Å². The summed E-state index contributed by atoms with van der Waals surface area (Å²) in [4.78, 5) is 2.37. The lowest BCUT2D eigenvalue weighted by Crippen LogP contribution is -2.11. The van der Waals surface area contributed by atoms with Crippen LogP contribution in [0.2, 0.25) is 0 Å². The van der Waals surface area contributed by atoms with Gasteiger partial charge in [-0.2, -0.15) is 0 Å². The van der Waals surface area contributed by atoms with Crippen LogP contribution >= 0.6 is 0 Å². The molecule has 2 heterocycles. The van der Waals surface area contributed by atoms with Crippen LogP contribution in [-0.4, -0.2) is 0 Å². The number of rotatable bonds is 2. The van der Waals surface area contributed by atoms with E-state index in [4.69, 9.17) is 0 Å². The first-order valence-electron chi connectivity index (χ1n) is 12.3. The third-order valence-electron chi connectivity index (χ3n) is 6.96. The molecule has 2 heteroatoms. The number of nitrogens with zero attached hydrogens (tertiary/aromatic N) is 1. The lowest BCUT2D eigenvalue weighted by atomic mass is 9.98. The van der Waals surface area contributed by atoms with Gasteiger partial charge in [0.05, 0.1) is 11.4 Å². The van der Waals surface area contributed by atoms with E-state index in [1.54, 1.807) is 0 Å². The Morgan fingerprint density at radius 3 is 1.92 bits per heavy atom. The van der Waals surface area contributed by atoms with Gasteiger partial charge < -0.3 is 10.2 Å². The molecule has 0 unspecified atom stereocenters. The molecule has 0 saturated heterocycles. The lowest BCUT2D eigenvalue weighted by Gasteiger charge is -2.27. The van der Waals surface area contributed by atoms with Gasteiger partial charge in [-0.3, -0.25) is 0 Å². The molecule has 0 spiro atoms. The molecule has 0 atom stereocenters. The van der Waals surface area contributed by atoms with Crippen LogP contribution in [0.25, 0.3) is 35.4 Å². The van der Waals surface area contributed by atoms with Gasteiger partial charge in [-0.05, 0) is 75.8 Å². The maximum atomic E-state index is 3.60. The van der Waals surface area contributed by atoms with Gasteiger partial charge in [0.25, 0.3) is 0 Å². The Morgan fingerprint density at radius 1 is 0.417 bits per heavy atom. The highest BCUT2D eigenvalue weighted by atomic mass is 15.1. The average molecular weight is 461 g/mol. The number of para-hydroxylation sites is 3. The number of hydrogen-bond acceptors (Lipinski definition) is 2. The topological polar surface area (TPSA) is 15.3 Å². The van der Waals surface area contributed by atoms with Crippen molar-refractivity contribution in [2.75, 3.05) is 10.2 Å². The number of fused-ring (bicyclic) bond motifs is 4. The summed E-state index contributed by atoms with van der Waals surface area (Å²) in [6, 6.07) is 41.1. The fourth-order valence-electron chi connectivity index (χ4n) is 5.13. The summed E-state index contributed by atoms with van der Waals surface area (Å²) in [5.41, 5.74) is 13.0. The van der Waals surface area contributed by atoms with Gasteiger partial charge in [-0.1, -0.05) is 97.1 Å². The Labute approximate surface area is 211 Å². The van der Waals surface area contributed by atoms with Crippen molar-refractivity contribution >= 4 is 52.7 Å². The first-order chi connectivity index (χ1) is 17.8. The summed E-state index contributed by atoms with van der Waals surface area (Å²) >= 11 is 0. The van der Waals surface area contributed by atoms with E-state index in [1.807, 2.05) is 0 Å². The van der Waals surface area contributed by atoms with Crippen molar-refractivity contribution < 1.29 is 0 Å². The van der Waals surface area contributed by atoms with Gasteiger partial charge in [-0.15, -0.1) is 0 Å². The minimum Gasteiger partial charge on any atom is -0.355 e. The summed E-state index contributed by atoms with van der Waals surface area (Å²) in [7, 11) is 0. The number of benzene rings is 5. The second kappa shape index (κ2) is 8.44. The molecule has 0 aliphatic carbocycles. The zero-order valence-corrected chi connectivity index (χ0v) is 19.7. The first kappa shape index (κ1) is 20.5. The van der Waals surface area contributed by atoms with Crippen LogP contribution in [-0.2, 0) is 0 Å². The molecule has 0 amide bonds. The lowest BCUT2D eigenvalue weighted by molar-refractivity contribution is 1.28. The van der Waals surface area contributed by atoms with Crippen molar-refractivity contribution in [2.24, 2.45) is 0 Å². The van der Waals surface area contributed by atoms with E-state index in [2.05, 4.69) is 150 Å². The highest BCUT2D eigenvalue weighted by molar-refractivity contribution is 5.95. The molecule has 2 aliphatic heterocycles. The normalized spacial score (nSPS) is 12.9. The third-order valence-corrected chi connectivity index (χ3v) is 6.96. The molecule has 2 nitrogen and oxygen atoms in total. The van der Waals surface area contributed by atoms with Crippen molar-refractivity contribution in [1.82, 2.24) is 0 Å². The van der Waals surface area contributed by atoms with Crippen LogP contribution in [0.1, 0.15) is 22.3 Å². The summed E-state index contributed by atoms with van der Waals surface area (Å²) in [5.74, 6) is 0. The van der Waals surface area contributed by atoms with Gasteiger partial charge >= 0.3 is 0 Å². The van der Waals surface area contributed by atoms with Crippen LogP contribution in [0.5, 0.6) is 0 Å². The van der Waals surface area contributed by atoms with Crippen molar-refractivity contribution in [3.8, 4) is 11.1 Å². The van der Waals surface area contributed by atoms with Crippen molar-refractivity contribution in [3.05, 3.63) is 138 Å². The largest absolute Gasteiger partial charge is 0.355 e. The van der Waals surface area contributed by atoms with E-state index >= 15 is 0 Å². The van der Waals surface area contributed by atoms with E-state index in [0.29, 0.717) is 0 Å². The molecule has 170 valence electrons. The molecule has 0 fully saturated rings. The third kappa shape index (κ3) is 3.52. The predicted molar refractivity (Wildman–Crippen MR) is 154 cm³/mol. The van der Waals surface area contributed by atoms with E-state index < -0.39 is 0 Å². The Balaban J connectivity index is 1.36. The summed E-state index contributed by atoms with van der Waals surface area (Å²) < 4.78 is 0. The molecule has 0 saturated carbocycles. The zero-order chi connectivity index (χ0) is 23.9. The smallest absolute Gasteiger partial charge is 0.0540 e. The SMILES string of the molecule is C1=Cc2cc(-c3ccc4c(c3)N(c3ccccc3)c3ccccc3C=C4)ccc2Nc2ccccc21. The highest BCUT2D eigenvalue weighted by Crippen LogP contribution is 2.43. The molecule has 5 aromatic carbocycles. The Bertz CT molecular complexity index is 1660. The highest BCUT2D eigenvalue weighted by Gasteiger charge is 2.20. The average Bonchev–Trinajstić information content (AvgIpc) is 3.22. The van der Waals surface area contributed by atoms with Crippen LogP contribution < -0.4 is 10.2 Å². The molecule has 7 rings (SSSR count). The van der Waals surface area contributed by atoms with E-state index in [1.165, 1.54) is 44.8 Å². The second-order valence-electron chi connectivity index (χ2n) is 9.18. The Hall–Kier alpha value is -4.82. The van der Waals surface area contributed by atoms with E-state index in [9.17, 15) is 0 Å². The summed E-state index contributed by atoms with van der Waals surface area (Å²) in [5, 5.41) is 3.60.